The van der Waals surface area contributed by atoms with Gasteiger partial charge in [-0.05, 0) is 54.6 Å². The first-order valence-corrected chi connectivity index (χ1v) is 9.04. The third-order valence-electron chi connectivity index (χ3n) is 4.65. The van der Waals surface area contributed by atoms with Crippen LogP contribution in [0.15, 0.2) is 86.4 Å². The van der Waals surface area contributed by atoms with Crippen molar-refractivity contribution in [3.8, 4) is 17.1 Å². The third-order valence-corrected chi connectivity index (χ3v) is 4.65. The number of hydrogen-bond donors (Lipinski definition) is 1. The Morgan fingerprint density at radius 3 is 2.52 bits per heavy atom. The Bertz CT molecular complexity index is 1350. The van der Waals surface area contributed by atoms with Crippen LogP contribution in [0, 0.1) is 0 Å². The van der Waals surface area contributed by atoms with Crippen LogP contribution in [0.1, 0.15) is 0 Å². The van der Waals surface area contributed by atoms with Crippen LogP contribution in [0.2, 0.25) is 0 Å². The van der Waals surface area contributed by atoms with Crippen LogP contribution in [0.4, 0.5) is 11.7 Å². The standard InChI is InChI=1S/C23H16N2O4/c1-27-16-10-11-20-17(12-16)19(26)13-22(28-20)14-6-8-15(9-7-14)24-23-25-18-4-2-3-5-21(18)29-23/h2-13H,1H3,(H,24,25). The third kappa shape index (κ3) is 3.21. The molecule has 0 radical (unpaired) electrons. The monoisotopic (exact) mass is 384 g/mol. The molecule has 0 atom stereocenters. The van der Waals surface area contributed by atoms with Crippen molar-refractivity contribution < 1.29 is 13.6 Å². The maximum absolute atomic E-state index is 12.5. The Morgan fingerprint density at radius 1 is 0.897 bits per heavy atom. The molecule has 0 aliphatic heterocycles. The lowest BCUT2D eigenvalue weighted by molar-refractivity contribution is 0.415. The number of ether oxygens (including phenoxy) is 1. The summed E-state index contributed by atoms with van der Waals surface area (Å²) in [4.78, 5) is 16.9. The predicted octanol–water partition coefficient (Wildman–Crippen LogP) is 5.35. The summed E-state index contributed by atoms with van der Waals surface area (Å²) in [6.07, 6.45) is 0. The zero-order valence-corrected chi connectivity index (χ0v) is 15.5. The lowest BCUT2D eigenvalue weighted by Gasteiger charge is -2.06. The summed E-state index contributed by atoms with van der Waals surface area (Å²) in [5, 5.41) is 3.63. The first kappa shape index (κ1) is 17.1. The number of anilines is 2. The van der Waals surface area contributed by atoms with Crippen molar-refractivity contribution in [2.45, 2.75) is 0 Å². The lowest BCUT2D eigenvalue weighted by Crippen LogP contribution is -2.00. The van der Waals surface area contributed by atoms with E-state index in [2.05, 4.69) is 10.3 Å². The maximum Gasteiger partial charge on any atom is 0.300 e. The fourth-order valence-corrected chi connectivity index (χ4v) is 3.17. The van der Waals surface area contributed by atoms with Crippen molar-refractivity contribution in [3.63, 3.8) is 0 Å². The number of fused-ring (bicyclic) bond motifs is 2. The molecule has 0 bridgehead atoms. The van der Waals surface area contributed by atoms with Crippen LogP contribution >= 0.6 is 0 Å². The minimum atomic E-state index is -0.117. The molecule has 5 aromatic rings. The molecule has 6 nitrogen and oxygen atoms in total. The average molecular weight is 384 g/mol. The highest BCUT2D eigenvalue weighted by atomic mass is 16.5. The van der Waals surface area contributed by atoms with Gasteiger partial charge < -0.3 is 18.9 Å². The second kappa shape index (κ2) is 6.83. The van der Waals surface area contributed by atoms with Gasteiger partial charge in [-0.1, -0.05) is 12.1 Å². The normalized spacial score (nSPS) is 11.1. The summed E-state index contributed by atoms with van der Waals surface area (Å²) < 4.78 is 16.8. The van der Waals surface area contributed by atoms with Gasteiger partial charge in [0.25, 0.3) is 6.01 Å². The number of benzene rings is 3. The second-order valence-electron chi connectivity index (χ2n) is 6.53. The van der Waals surface area contributed by atoms with Crippen molar-refractivity contribution in [2.75, 3.05) is 12.4 Å². The van der Waals surface area contributed by atoms with Gasteiger partial charge in [-0.25, -0.2) is 0 Å². The van der Waals surface area contributed by atoms with Gasteiger partial charge in [0.1, 0.15) is 22.6 Å². The van der Waals surface area contributed by atoms with Crippen molar-refractivity contribution >= 4 is 33.8 Å². The van der Waals surface area contributed by atoms with Crippen molar-refractivity contribution in [1.29, 1.82) is 0 Å². The molecule has 0 amide bonds. The fourth-order valence-electron chi connectivity index (χ4n) is 3.17. The summed E-state index contributed by atoms with van der Waals surface area (Å²) in [6, 6.07) is 22.2. The van der Waals surface area contributed by atoms with Gasteiger partial charge in [-0.15, -0.1) is 0 Å². The first-order valence-electron chi connectivity index (χ1n) is 9.04. The molecule has 0 aliphatic carbocycles. The molecule has 0 fully saturated rings. The first-order chi connectivity index (χ1) is 14.2. The summed E-state index contributed by atoms with van der Waals surface area (Å²) in [5.41, 5.74) is 3.52. The Kier molecular flexibility index (Phi) is 4.02. The van der Waals surface area contributed by atoms with E-state index >= 15 is 0 Å². The molecule has 142 valence electrons. The highest BCUT2D eigenvalue weighted by Gasteiger charge is 2.09. The van der Waals surface area contributed by atoms with E-state index in [1.165, 1.54) is 6.07 Å². The largest absolute Gasteiger partial charge is 0.497 e. The molecule has 5 rings (SSSR count). The van der Waals surface area contributed by atoms with Crippen LogP contribution in [-0.2, 0) is 0 Å². The molecule has 6 heteroatoms. The number of rotatable bonds is 4. The van der Waals surface area contributed by atoms with Crippen LogP contribution in [-0.4, -0.2) is 12.1 Å². The Morgan fingerprint density at radius 2 is 1.72 bits per heavy atom. The molecular weight excluding hydrogens is 368 g/mol. The number of nitrogens with zero attached hydrogens (tertiary/aromatic N) is 1. The Hall–Kier alpha value is -4.06. The van der Waals surface area contributed by atoms with E-state index in [0.29, 0.717) is 28.5 Å². The molecule has 2 aromatic heterocycles. The maximum atomic E-state index is 12.5. The SMILES string of the molecule is COc1ccc2oc(-c3ccc(Nc4nc5ccccc5o4)cc3)cc(=O)c2c1. The number of para-hydroxylation sites is 2. The Labute approximate surface area is 165 Å². The summed E-state index contributed by atoms with van der Waals surface area (Å²) in [7, 11) is 1.56. The topological polar surface area (TPSA) is 77.5 Å². The minimum Gasteiger partial charge on any atom is -0.497 e. The molecule has 0 aliphatic rings. The van der Waals surface area contributed by atoms with Crippen LogP contribution in [0.25, 0.3) is 33.4 Å². The van der Waals surface area contributed by atoms with E-state index in [1.54, 1.807) is 25.3 Å². The predicted molar refractivity (Wildman–Crippen MR) is 112 cm³/mol. The van der Waals surface area contributed by atoms with Gasteiger partial charge >= 0.3 is 0 Å². The molecule has 0 saturated heterocycles. The van der Waals surface area contributed by atoms with Gasteiger partial charge in [-0.2, -0.15) is 4.98 Å². The van der Waals surface area contributed by atoms with E-state index in [9.17, 15) is 4.79 Å². The highest BCUT2D eigenvalue weighted by Crippen LogP contribution is 2.27. The minimum absolute atomic E-state index is 0.117. The molecule has 0 saturated carbocycles. The zero-order chi connectivity index (χ0) is 19.8. The van der Waals surface area contributed by atoms with E-state index in [0.717, 1.165) is 22.4 Å². The van der Waals surface area contributed by atoms with Gasteiger partial charge in [0.05, 0.1) is 12.5 Å². The highest BCUT2D eigenvalue weighted by molar-refractivity contribution is 5.80. The quantitative estimate of drug-likeness (QED) is 0.450. The second-order valence-corrected chi connectivity index (χ2v) is 6.53. The van der Waals surface area contributed by atoms with Gasteiger partial charge in [-0.3, -0.25) is 4.79 Å². The number of aromatic nitrogens is 1. The molecule has 0 spiro atoms. The van der Waals surface area contributed by atoms with E-state index < -0.39 is 0 Å². The Balaban J connectivity index is 1.44. The molecule has 3 aromatic carbocycles. The van der Waals surface area contributed by atoms with E-state index in [-0.39, 0.29) is 5.43 Å². The van der Waals surface area contributed by atoms with Crippen molar-refractivity contribution in [1.82, 2.24) is 4.98 Å². The zero-order valence-electron chi connectivity index (χ0n) is 15.5. The molecule has 0 unspecified atom stereocenters. The van der Waals surface area contributed by atoms with E-state index in [1.807, 2.05) is 48.5 Å². The van der Waals surface area contributed by atoms with Crippen LogP contribution < -0.4 is 15.5 Å². The van der Waals surface area contributed by atoms with Crippen molar-refractivity contribution in [3.05, 3.63) is 83.0 Å². The summed E-state index contributed by atoms with van der Waals surface area (Å²) in [5.74, 6) is 1.12. The molecular formula is C23H16N2O4. The van der Waals surface area contributed by atoms with E-state index in [4.69, 9.17) is 13.6 Å². The smallest absolute Gasteiger partial charge is 0.300 e. The van der Waals surface area contributed by atoms with Crippen LogP contribution in [0.5, 0.6) is 5.75 Å². The average Bonchev–Trinajstić information content (AvgIpc) is 3.16. The van der Waals surface area contributed by atoms with Crippen molar-refractivity contribution in [2.24, 2.45) is 0 Å². The number of hydrogen-bond acceptors (Lipinski definition) is 6. The van der Waals surface area contributed by atoms with Crippen LogP contribution in [0.3, 0.4) is 0 Å². The molecule has 2 heterocycles. The van der Waals surface area contributed by atoms with Gasteiger partial charge in [0.2, 0.25) is 0 Å². The summed E-state index contributed by atoms with van der Waals surface area (Å²) >= 11 is 0. The molecule has 1 N–H and O–H groups in total. The molecule has 29 heavy (non-hydrogen) atoms. The number of oxazole rings is 1. The summed E-state index contributed by atoms with van der Waals surface area (Å²) in [6.45, 7) is 0. The fraction of sp³-hybridized carbons (Fsp3) is 0.0435. The lowest BCUT2D eigenvalue weighted by atomic mass is 10.1. The van der Waals surface area contributed by atoms with Gasteiger partial charge in [0.15, 0.2) is 11.0 Å². The number of nitrogens with one attached hydrogen (secondary N) is 1. The van der Waals surface area contributed by atoms with Gasteiger partial charge in [0, 0.05) is 17.3 Å². The number of methoxy groups -OCH3 is 1.